The number of carbonyl (C=O) groups excluding carboxylic acids is 1. The number of hydrogen-bond acceptors (Lipinski definition) is 7. The first-order chi connectivity index (χ1) is 22.4. The molecule has 10 heteroatoms. The summed E-state index contributed by atoms with van der Waals surface area (Å²) in [5.74, 6) is 0.549. The molecule has 0 aromatic heterocycles. The molecule has 0 unspecified atom stereocenters. The lowest BCUT2D eigenvalue weighted by atomic mass is 9.63. The molecule has 8 nitrogen and oxygen atoms in total. The Hall–Kier alpha value is -2.59. The van der Waals surface area contributed by atoms with Crippen molar-refractivity contribution in [2.45, 2.75) is 75.1 Å². The Balaban J connectivity index is 1.46. The van der Waals surface area contributed by atoms with Gasteiger partial charge in [-0.25, -0.2) is 13.1 Å². The molecule has 1 saturated carbocycles. The maximum absolute atomic E-state index is 13.5. The summed E-state index contributed by atoms with van der Waals surface area (Å²) in [6.45, 7) is 6.50. The first-order valence-corrected chi connectivity index (χ1v) is 19.0. The number of methoxy groups -OCH3 is 1. The van der Waals surface area contributed by atoms with Gasteiger partial charge in [0.2, 0.25) is 10.0 Å². The summed E-state index contributed by atoms with van der Waals surface area (Å²) >= 11 is 6.46. The number of carbonyl (C=O) groups is 1. The monoisotopic (exact) mass is 683 g/mol. The van der Waals surface area contributed by atoms with E-state index < -0.39 is 26.8 Å². The average Bonchev–Trinajstić information content (AvgIpc) is 3.17. The number of anilines is 1. The lowest BCUT2D eigenvalue weighted by Crippen LogP contribution is -2.53. The van der Waals surface area contributed by atoms with Crippen molar-refractivity contribution >= 4 is 33.2 Å². The maximum Gasteiger partial charge on any atom is 0.264 e. The van der Waals surface area contributed by atoms with Crippen molar-refractivity contribution in [3.63, 3.8) is 0 Å². The minimum absolute atomic E-state index is 0.203. The van der Waals surface area contributed by atoms with Crippen LogP contribution in [-0.4, -0.2) is 77.5 Å². The molecule has 1 fully saturated rings. The standard InChI is InChI=1S/C37H50ClN3O5S/c1-25-8-6-17-37(45-5,18-19-40(3)4)32-13-10-29(32)22-41-23-36(16-7-9-27-20-30(38)12-14-31(27)36)24-46-34-15-11-28(21-33(34)41)35(42)39-47(43,44)26(25)2/h6,11-12,14-15,17,20-21,25-26,29,32H,7-10,13,16,18-19,22-24H2,1-5H3,(H,39,42)/b17-6+/t25-,26+,29-,32+,36-,37+/m0/s1. The van der Waals surface area contributed by atoms with E-state index in [-0.39, 0.29) is 11.3 Å². The number of ether oxygens (including phenoxy) is 2. The van der Waals surface area contributed by atoms with Crippen LogP contribution in [-0.2, 0) is 26.6 Å². The number of sulfonamides is 1. The largest absolute Gasteiger partial charge is 0.490 e. The Kier molecular flexibility index (Phi) is 9.75. The lowest BCUT2D eigenvalue weighted by Gasteiger charge is -2.51. The molecule has 6 rings (SSSR count). The molecule has 1 amide bonds. The van der Waals surface area contributed by atoms with Gasteiger partial charge in [-0.1, -0.05) is 36.7 Å². The summed E-state index contributed by atoms with van der Waals surface area (Å²) in [6, 6.07) is 11.6. The molecule has 2 aliphatic heterocycles. The van der Waals surface area contributed by atoms with E-state index >= 15 is 0 Å². The maximum atomic E-state index is 13.5. The van der Waals surface area contributed by atoms with Gasteiger partial charge in [0.05, 0.1) is 23.1 Å². The van der Waals surface area contributed by atoms with Crippen LogP contribution < -0.4 is 14.4 Å². The third-order valence-electron chi connectivity index (χ3n) is 11.6. The summed E-state index contributed by atoms with van der Waals surface area (Å²) in [5, 5.41) is -0.0171. The van der Waals surface area contributed by atoms with Crippen LogP contribution >= 0.6 is 11.6 Å². The fourth-order valence-electron chi connectivity index (χ4n) is 8.34. The molecule has 2 aromatic rings. The van der Waals surface area contributed by atoms with E-state index in [0.29, 0.717) is 36.2 Å². The highest BCUT2D eigenvalue weighted by Gasteiger charge is 2.49. The molecule has 2 bridgehead atoms. The zero-order valence-electron chi connectivity index (χ0n) is 28.4. The third-order valence-corrected chi connectivity index (χ3v) is 13.7. The van der Waals surface area contributed by atoms with Gasteiger partial charge in [0.1, 0.15) is 5.75 Å². The molecule has 0 saturated heterocycles. The Labute approximate surface area is 285 Å². The Morgan fingerprint density at radius 3 is 2.68 bits per heavy atom. The van der Waals surface area contributed by atoms with Gasteiger partial charge in [-0.2, -0.15) is 0 Å². The highest BCUT2D eigenvalue weighted by atomic mass is 35.5. The molecule has 256 valence electrons. The van der Waals surface area contributed by atoms with Crippen LogP contribution in [0.1, 0.15) is 73.9 Å². The summed E-state index contributed by atoms with van der Waals surface area (Å²) in [6.07, 6.45) is 10.9. The SMILES string of the molecule is CO[C@@]1(CCN(C)C)/C=C/C[C@H](C)[C@@H](C)S(=O)(=O)NC(=O)c2ccc3c(c2)N(C[C@@H]2CC[C@H]21)C[C@@]1(CCCc2cc(Cl)ccc21)CO3. The minimum atomic E-state index is -3.93. The normalized spacial score (nSPS) is 32.7. The summed E-state index contributed by atoms with van der Waals surface area (Å²) in [5.41, 5.74) is 2.97. The van der Waals surface area contributed by atoms with Crippen LogP contribution in [0.3, 0.4) is 0 Å². The van der Waals surface area contributed by atoms with E-state index in [0.717, 1.165) is 68.9 Å². The second kappa shape index (κ2) is 13.4. The number of halogens is 1. The van der Waals surface area contributed by atoms with Crippen molar-refractivity contribution < 1.29 is 22.7 Å². The van der Waals surface area contributed by atoms with Gasteiger partial charge in [-0.05, 0) is 125 Å². The molecule has 1 spiro atoms. The quantitative estimate of drug-likeness (QED) is 0.383. The molecule has 6 atom stereocenters. The van der Waals surface area contributed by atoms with Gasteiger partial charge < -0.3 is 19.3 Å². The molecule has 2 heterocycles. The highest BCUT2D eigenvalue weighted by Crippen LogP contribution is 2.50. The molecule has 4 aliphatic rings. The minimum Gasteiger partial charge on any atom is -0.490 e. The molecule has 0 radical (unpaired) electrons. The first-order valence-electron chi connectivity index (χ1n) is 17.1. The number of amides is 1. The van der Waals surface area contributed by atoms with Crippen molar-refractivity contribution in [2.75, 3.05) is 52.3 Å². The number of hydrogen-bond donors (Lipinski definition) is 1. The van der Waals surface area contributed by atoms with E-state index in [1.807, 2.05) is 32.2 Å². The number of nitrogens with one attached hydrogen (secondary N) is 1. The van der Waals surface area contributed by atoms with Gasteiger partial charge in [0.25, 0.3) is 5.91 Å². The van der Waals surface area contributed by atoms with Crippen LogP contribution in [0.5, 0.6) is 5.75 Å². The Morgan fingerprint density at radius 1 is 1.15 bits per heavy atom. The van der Waals surface area contributed by atoms with Gasteiger partial charge in [-0.15, -0.1) is 0 Å². The summed E-state index contributed by atoms with van der Waals surface area (Å²) < 4.78 is 42.4. The van der Waals surface area contributed by atoms with Crippen LogP contribution in [0.15, 0.2) is 48.6 Å². The van der Waals surface area contributed by atoms with Crippen LogP contribution in [0, 0.1) is 17.8 Å². The second-order valence-electron chi connectivity index (χ2n) is 14.7. The van der Waals surface area contributed by atoms with E-state index in [1.54, 1.807) is 13.0 Å². The topological polar surface area (TPSA) is 88.2 Å². The fraction of sp³-hybridized carbons (Fsp3) is 0.595. The zero-order valence-corrected chi connectivity index (χ0v) is 30.0. The van der Waals surface area contributed by atoms with Crippen molar-refractivity contribution in [3.05, 3.63) is 70.3 Å². The molecular weight excluding hydrogens is 634 g/mol. The van der Waals surface area contributed by atoms with Crippen LogP contribution in [0.2, 0.25) is 5.02 Å². The number of benzene rings is 2. The summed E-state index contributed by atoms with van der Waals surface area (Å²) in [7, 11) is 2.07. The van der Waals surface area contributed by atoms with E-state index in [2.05, 4.69) is 52.9 Å². The zero-order chi connectivity index (χ0) is 33.6. The molecular formula is C37H50ClN3O5S. The number of nitrogens with zero attached hydrogens (tertiary/aromatic N) is 2. The van der Waals surface area contributed by atoms with Gasteiger partial charge in [0, 0.05) is 42.7 Å². The lowest BCUT2D eigenvalue weighted by molar-refractivity contribution is -0.0823. The Bertz CT molecular complexity index is 1630. The van der Waals surface area contributed by atoms with Crippen molar-refractivity contribution in [1.82, 2.24) is 9.62 Å². The Morgan fingerprint density at radius 2 is 1.96 bits per heavy atom. The molecule has 47 heavy (non-hydrogen) atoms. The van der Waals surface area contributed by atoms with E-state index in [4.69, 9.17) is 21.1 Å². The molecule has 1 N–H and O–H groups in total. The van der Waals surface area contributed by atoms with Gasteiger partial charge in [0.15, 0.2) is 0 Å². The van der Waals surface area contributed by atoms with Crippen molar-refractivity contribution in [2.24, 2.45) is 17.8 Å². The van der Waals surface area contributed by atoms with E-state index in [1.165, 1.54) is 11.1 Å². The van der Waals surface area contributed by atoms with Gasteiger partial charge >= 0.3 is 0 Å². The molecule has 2 aliphatic carbocycles. The van der Waals surface area contributed by atoms with Crippen molar-refractivity contribution in [1.29, 1.82) is 0 Å². The first kappa shape index (κ1) is 34.3. The number of rotatable bonds is 4. The predicted octanol–water partition coefficient (Wildman–Crippen LogP) is 6.22. The fourth-order valence-corrected chi connectivity index (χ4v) is 9.82. The van der Waals surface area contributed by atoms with E-state index in [9.17, 15) is 13.2 Å². The second-order valence-corrected chi connectivity index (χ2v) is 17.2. The predicted molar refractivity (Wildman–Crippen MR) is 188 cm³/mol. The highest BCUT2D eigenvalue weighted by molar-refractivity contribution is 7.90. The van der Waals surface area contributed by atoms with Crippen LogP contribution in [0.4, 0.5) is 5.69 Å². The van der Waals surface area contributed by atoms with Gasteiger partial charge in [-0.3, -0.25) is 4.79 Å². The van der Waals surface area contributed by atoms with Crippen molar-refractivity contribution in [3.8, 4) is 5.75 Å². The third kappa shape index (κ3) is 6.70. The summed E-state index contributed by atoms with van der Waals surface area (Å²) in [4.78, 5) is 18.1. The average molecular weight is 684 g/mol. The smallest absolute Gasteiger partial charge is 0.264 e. The van der Waals surface area contributed by atoms with Crippen LogP contribution in [0.25, 0.3) is 0 Å². The number of allylic oxidation sites excluding steroid dienone is 1. The number of fused-ring (bicyclic) bond motifs is 4. The molecule has 2 aromatic carbocycles. The number of aryl methyl sites for hydroxylation is 1.